The minimum Gasteiger partial charge on any atom is -0.311 e. The highest BCUT2D eigenvalue weighted by Gasteiger charge is 2.16. The Balaban J connectivity index is 1.11. The van der Waals surface area contributed by atoms with Crippen LogP contribution < -0.4 is 4.90 Å². The van der Waals surface area contributed by atoms with Gasteiger partial charge in [-0.1, -0.05) is 115 Å². The Morgan fingerprint density at radius 2 is 0.920 bits per heavy atom. The molecule has 8 aromatic rings. The minimum absolute atomic E-state index is 1.09. The molecule has 0 fully saturated rings. The minimum atomic E-state index is 1.09. The topological polar surface area (TPSA) is 8.17 Å². The maximum Gasteiger partial charge on any atom is 0.0541 e. The van der Waals surface area contributed by atoms with Crippen LogP contribution in [-0.4, -0.2) is 4.57 Å². The summed E-state index contributed by atoms with van der Waals surface area (Å²) >= 11 is 0. The monoisotopic (exact) mass is 640 g/mol. The third-order valence-electron chi connectivity index (χ3n) is 9.79. The first kappa shape index (κ1) is 29.7. The first-order valence-corrected chi connectivity index (χ1v) is 17.4. The zero-order chi connectivity index (χ0) is 33.3. The second-order valence-corrected chi connectivity index (χ2v) is 12.9. The Morgan fingerprint density at radius 3 is 1.54 bits per heavy atom. The van der Waals surface area contributed by atoms with Gasteiger partial charge in [0.1, 0.15) is 0 Å². The number of hydrogen-bond donors (Lipinski definition) is 0. The summed E-state index contributed by atoms with van der Waals surface area (Å²) in [5.41, 5.74) is 14.4. The molecule has 1 aromatic heterocycles. The van der Waals surface area contributed by atoms with Crippen LogP contribution in [0.3, 0.4) is 0 Å². The molecule has 9 rings (SSSR count). The highest BCUT2D eigenvalue weighted by Crippen LogP contribution is 2.39. The van der Waals surface area contributed by atoms with Gasteiger partial charge in [0.25, 0.3) is 0 Å². The molecule has 0 aliphatic heterocycles. The lowest BCUT2D eigenvalue weighted by Crippen LogP contribution is -2.09. The standard InChI is InChI=1S/C48H36N2/c1-5-14-35(15-6-1)39-26-30-47-45(33-39)46-34-40(27-31-48(46)50(47)43-22-11-4-12-23-43)38-17-13-16-37(32-38)36-24-28-44(29-25-36)49(41-18-7-2-8-19-41)42-20-9-3-10-21-42/h2-5,7-34H,1,6H2. The summed E-state index contributed by atoms with van der Waals surface area (Å²) in [6, 6.07) is 63.6. The highest BCUT2D eigenvalue weighted by atomic mass is 15.1. The number of allylic oxidation sites excluding steroid dienone is 4. The van der Waals surface area contributed by atoms with Gasteiger partial charge in [-0.15, -0.1) is 0 Å². The van der Waals surface area contributed by atoms with E-state index in [1.807, 2.05) is 0 Å². The molecule has 0 saturated heterocycles. The molecule has 0 radical (unpaired) electrons. The van der Waals surface area contributed by atoms with Crippen molar-refractivity contribution in [2.45, 2.75) is 12.8 Å². The van der Waals surface area contributed by atoms with Crippen LogP contribution in [0.15, 0.2) is 194 Å². The van der Waals surface area contributed by atoms with Crippen LogP contribution in [0.25, 0.3) is 55.3 Å². The lowest BCUT2D eigenvalue weighted by Gasteiger charge is -2.25. The number of anilines is 3. The molecule has 2 heteroatoms. The van der Waals surface area contributed by atoms with Gasteiger partial charge >= 0.3 is 0 Å². The molecular weight excluding hydrogens is 605 g/mol. The predicted molar refractivity (Wildman–Crippen MR) is 213 cm³/mol. The molecule has 1 aliphatic carbocycles. The Hall–Kier alpha value is -6.38. The van der Waals surface area contributed by atoms with Crippen LogP contribution in [0.1, 0.15) is 18.4 Å². The fraction of sp³-hybridized carbons (Fsp3) is 0.0417. The van der Waals surface area contributed by atoms with Crippen molar-refractivity contribution in [1.29, 1.82) is 0 Å². The van der Waals surface area contributed by atoms with Crippen LogP contribution in [-0.2, 0) is 0 Å². The second-order valence-electron chi connectivity index (χ2n) is 12.9. The normalized spacial score (nSPS) is 12.7. The zero-order valence-electron chi connectivity index (χ0n) is 27.8. The van der Waals surface area contributed by atoms with Crippen molar-refractivity contribution in [1.82, 2.24) is 4.57 Å². The Labute approximate surface area is 293 Å². The summed E-state index contributed by atoms with van der Waals surface area (Å²) in [6.45, 7) is 0. The van der Waals surface area contributed by atoms with E-state index < -0.39 is 0 Å². The van der Waals surface area contributed by atoms with E-state index in [-0.39, 0.29) is 0 Å². The molecule has 0 saturated carbocycles. The van der Waals surface area contributed by atoms with E-state index in [9.17, 15) is 0 Å². The van der Waals surface area contributed by atoms with Crippen molar-refractivity contribution in [3.05, 3.63) is 200 Å². The lowest BCUT2D eigenvalue weighted by molar-refractivity contribution is 1.04. The van der Waals surface area contributed by atoms with E-state index >= 15 is 0 Å². The smallest absolute Gasteiger partial charge is 0.0541 e. The van der Waals surface area contributed by atoms with Gasteiger partial charge in [0, 0.05) is 33.5 Å². The van der Waals surface area contributed by atoms with E-state index in [0.717, 1.165) is 29.9 Å². The number of para-hydroxylation sites is 3. The molecule has 1 heterocycles. The summed E-state index contributed by atoms with van der Waals surface area (Å²) in [7, 11) is 0. The van der Waals surface area contributed by atoms with Crippen LogP contribution in [0, 0.1) is 0 Å². The van der Waals surface area contributed by atoms with Gasteiger partial charge in [0.15, 0.2) is 0 Å². The maximum absolute atomic E-state index is 2.40. The van der Waals surface area contributed by atoms with Crippen molar-refractivity contribution in [3.63, 3.8) is 0 Å². The predicted octanol–water partition coefficient (Wildman–Crippen LogP) is 13.3. The molecule has 2 nitrogen and oxygen atoms in total. The van der Waals surface area contributed by atoms with Gasteiger partial charge < -0.3 is 9.47 Å². The van der Waals surface area contributed by atoms with Gasteiger partial charge in [0.05, 0.1) is 11.0 Å². The van der Waals surface area contributed by atoms with Gasteiger partial charge in [-0.2, -0.15) is 0 Å². The summed E-state index contributed by atoms with van der Waals surface area (Å²) in [5.74, 6) is 0. The van der Waals surface area contributed by atoms with E-state index in [1.165, 1.54) is 60.9 Å². The molecule has 0 N–H and O–H groups in total. The summed E-state index contributed by atoms with van der Waals surface area (Å²) in [4.78, 5) is 2.30. The van der Waals surface area contributed by atoms with Gasteiger partial charge in [-0.3, -0.25) is 0 Å². The molecule has 0 bridgehead atoms. The molecule has 0 spiro atoms. The number of fused-ring (bicyclic) bond motifs is 3. The lowest BCUT2D eigenvalue weighted by atomic mass is 9.96. The maximum atomic E-state index is 2.40. The number of benzene rings is 7. The third-order valence-corrected chi connectivity index (χ3v) is 9.79. The van der Waals surface area contributed by atoms with Gasteiger partial charge in [-0.25, -0.2) is 0 Å². The first-order chi connectivity index (χ1) is 24.8. The molecule has 238 valence electrons. The second kappa shape index (κ2) is 12.9. The zero-order valence-corrected chi connectivity index (χ0v) is 27.8. The summed E-state index contributed by atoms with van der Waals surface area (Å²) in [5, 5.41) is 2.54. The first-order valence-electron chi connectivity index (χ1n) is 17.4. The SMILES string of the molecule is C1=CC(c2ccc3c(c2)c2cc(-c4cccc(-c5ccc(N(c6ccccc6)c6ccccc6)cc5)c4)ccc2n3-c2ccccc2)=CCC1. The molecule has 50 heavy (non-hydrogen) atoms. The number of hydrogen-bond acceptors (Lipinski definition) is 1. The van der Waals surface area contributed by atoms with Gasteiger partial charge in [-0.05, 0) is 125 Å². The average molecular weight is 641 g/mol. The number of rotatable bonds is 7. The van der Waals surface area contributed by atoms with Crippen LogP contribution in [0.4, 0.5) is 17.1 Å². The van der Waals surface area contributed by atoms with E-state index in [1.54, 1.807) is 0 Å². The number of aromatic nitrogens is 1. The largest absolute Gasteiger partial charge is 0.311 e. The van der Waals surface area contributed by atoms with Crippen LogP contribution >= 0.6 is 0 Å². The summed E-state index contributed by atoms with van der Waals surface area (Å²) in [6.07, 6.45) is 9.13. The molecule has 7 aromatic carbocycles. The molecule has 0 atom stereocenters. The van der Waals surface area contributed by atoms with Crippen molar-refractivity contribution < 1.29 is 0 Å². The van der Waals surface area contributed by atoms with Gasteiger partial charge in [0.2, 0.25) is 0 Å². The molecule has 0 unspecified atom stereocenters. The molecular formula is C48H36N2. The van der Waals surface area contributed by atoms with Crippen LogP contribution in [0.5, 0.6) is 0 Å². The Bertz CT molecular complexity index is 2470. The quantitative estimate of drug-likeness (QED) is 0.168. The van der Waals surface area contributed by atoms with E-state index in [2.05, 4.69) is 204 Å². The highest BCUT2D eigenvalue weighted by molar-refractivity contribution is 6.11. The fourth-order valence-corrected chi connectivity index (χ4v) is 7.35. The molecule has 1 aliphatic rings. The fourth-order valence-electron chi connectivity index (χ4n) is 7.35. The Kier molecular flexibility index (Phi) is 7.68. The third kappa shape index (κ3) is 5.51. The van der Waals surface area contributed by atoms with Crippen molar-refractivity contribution in [2.75, 3.05) is 4.90 Å². The van der Waals surface area contributed by atoms with Crippen molar-refractivity contribution >= 4 is 44.4 Å². The van der Waals surface area contributed by atoms with E-state index in [4.69, 9.17) is 0 Å². The Morgan fingerprint density at radius 1 is 0.400 bits per heavy atom. The van der Waals surface area contributed by atoms with Crippen molar-refractivity contribution in [2.24, 2.45) is 0 Å². The summed E-state index contributed by atoms with van der Waals surface area (Å²) < 4.78 is 2.40. The van der Waals surface area contributed by atoms with Crippen molar-refractivity contribution in [3.8, 4) is 27.9 Å². The number of nitrogens with zero attached hydrogens (tertiary/aromatic N) is 2. The van der Waals surface area contributed by atoms with E-state index in [0.29, 0.717) is 0 Å². The molecule has 0 amide bonds. The van der Waals surface area contributed by atoms with Crippen LogP contribution in [0.2, 0.25) is 0 Å². The average Bonchev–Trinajstić information content (AvgIpc) is 3.53.